The van der Waals surface area contributed by atoms with Crippen LogP contribution in [0.4, 0.5) is 8.78 Å². The zero-order valence-corrected chi connectivity index (χ0v) is 10.5. The quantitative estimate of drug-likeness (QED) is 0.624. The molecule has 0 radical (unpaired) electrons. The van der Waals surface area contributed by atoms with Gasteiger partial charge in [-0.15, -0.1) is 0 Å². The Morgan fingerprint density at radius 1 is 1.50 bits per heavy atom. The summed E-state index contributed by atoms with van der Waals surface area (Å²) in [6.45, 7) is -0.694. The molecule has 1 aromatic carbocycles. The molecule has 0 aromatic heterocycles. The van der Waals surface area contributed by atoms with Crippen LogP contribution in [0, 0.1) is 3.57 Å². The number of ether oxygens (including phenoxy) is 2. The molecule has 0 saturated carbocycles. The lowest BCUT2D eigenvalue weighted by atomic mass is 10.2. The van der Waals surface area contributed by atoms with Gasteiger partial charge in [-0.3, -0.25) is 0 Å². The smallest absolute Gasteiger partial charge is 0.337 e. The third kappa shape index (κ3) is 3.58. The lowest BCUT2D eigenvalue weighted by Crippen LogP contribution is -2.09. The Morgan fingerprint density at radius 3 is 2.75 bits per heavy atom. The zero-order valence-electron chi connectivity index (χ0n) is 8.38. The van der Waals surface area contributed by atoms with Gasteiger partial charge in [0.25, 0.3) is 6.43 Å². The second-order valence-corrected chi connectivity index (χ2v) is 4.00. The number of carbonyl (C=O) groups is 1. The molecule has 0 bridgehead atoms. The van der Waals surface area contributed by atoms with Crippen molar-refractivity contribution in [1.82, 2.24) is 0 Å². The maximum absolute atomic E-state index is 12.0. The summed E-state index contributed by atoms with van der Waals surface area (Å²) in [6.07, 6.45) is -2.54. The Kier molecular flexibility index (Phi) is 4.91. The van der Waals surface area contributed by atoms with Crippen LogP contribution in [0.3, 0.4) is 0 Å². The normalized spacial score (nSPS) is 10.3. The third-order valence-corrected chi connectivity index (χ3v) is 2.61. The van der Waals surface area contributed by atoms with E-state index in [0.29, 0.717) is 3.57 Å². The number of esters is 1. The summed E-state index contributed by atoms with van der Waals surface area (Å²) in [5, 5.41) is 0. The summed E-state index contributed by atoms with van der Waals surface area (Å²) in [4.78, 5) is 11.2. The molecule has 0 aliphatic heterocycles. The van der Waals surface area contributed by atoms with Gasteiger partial charge in [0, 0.05) is 0 Å². The number of benzene rings is 1. The standard InChI is InChI=1S/C10H9F2IO3/c1-15-10(14)6-2-3-7(13)8(4-6)16-5-9(11)12/h2-4,9H,5H2,1H3. The van der Waals surface area contributed by atoms with Crippen molar-refractivity contribution in [1.29, 1.82) is 0 Å². The van der Waals surface area contributed by atoms with Crippen molar-refractivity contribution in [3.63, 3.8) is 0 Å². The lowest BCUT2D eigenvalue weighted by Gasteiger charge is -2.08. The topological polar surface area (TPSA) is 35.5 Å². The molecule has 0 unspecified atom stereocenters. The summed E-state index contributed by atoms with van der Waals surface area (Å²) in [6, 6.07) is 4.53. The van der Waals surface area contributed by atoms with E-state index in [4.69, 9.17) is 4.74 Å². The van der Waals surface area contributed by atoms with Gasteiger partial charge in [-0.1, -0.05) is 0 Å². The first-order valence-corrected chi connectivity index (χ1v) is 5.41. The van der Waals surface area contributed by atoms with Gasteiger partial charge in [0.2, 0.25) is 0 Å². The molecule has 0 N–H and O–H groups in total. The highest BCUT2D eigenvalue weighted by Crippen LogP contribution is 2.23. The minimum absolute atomic E-state index is 0.254. The van der Waals surface area contributed by atoms with Crippen molar-refractivity contribution in [3.05, 3.63) is 27.3 Å². The molecular formula is C10H9F2IO3. The largest absolute Gasteiger partial charge is 0.487 e. The molecule has 0 aliphatic rings. The molecule has 0 saturated heterocycles. The number of hydrogen-bond acceptors (Lipinski definition) is 3. The van der Waals surface area contributed by atoms with Crippen LogP contribution in [0.1, 0.15) is 10.4 Å². The number of alkyl halides is 2. The van der Waals surface area contributed by atoms with Crippen LogP contribution >= 0.6 is 22.6 Å². The number of hydrogen-bond donors (Lipinski definition) is 0. The van der Waals surface area contributed by atoms with E-state index >= 15 is 0 Å². The fraction of sp³-hybridized carbons (Fsp3) is 0.300. The summed E-state index contributed by atoms with van der Waals surface area (Å²) in [7, 11) is 1.25. The van der Waals surface area contributed by atoms with Gasteiger partial charge >= 0.3 is 5.97 Å². The van der Waals surface area contributed by atoms with E-state index in [1.54, 1.807) is 12.1 Å². The third-order valence-electron chi connectivity index (χ3n) is 1.72. The van der Waals surface area contributed by atoms with Crippen LogP contribution in [0.2, 0.25) is 0 Å². The Balaban J connectivity index is 2.86. The molecular weight excluding hydrogens is 333 g/mol. The molecule has 1 aromatic rings. The Hall–Kier alpha value is -0.920. The van der Waals surface area contributed by atoms with Crippen molar-refractivity contribution < 1.29 is 23.0 Å². The van der Waals surface area contributed by atoms with E-state index in [9.17, 15) is 13.6 Å². The molecule has 3 nitrogen and oxygen atoms in total. The predicted octanol–water partition coefficient (Wildman–Crippen LogP) is 2.72. The fourth-order valence-electron chi connectivity index (χ4n) is 1.01. The van der Waals surface area contributed by atoms with E-state index in [-0.39, 0.29) is 11.3 Å². The second kappa shape index (κ2) is 5.97. The van der Waals surface area contributed by atoms with Crippen LogP contribution in [0.15, 0.2) is 18.2 Å². The molecule has 88 valence electrons. The van der Waals surface area contributed by atoms with Gasteiger partial charge in [0.05, 0.1) is 16.2 Å². The van der Waals surface area contributed by atoms with Crippen LogP contribution in [0.25, 0.3) is 0 Å². The van der Waals surface area contributed by atoms with Crippen molar-refractivity contribution in [3.8, 4) is 5.75 Å². The van der Waals surface area contributed by atoms with Crippen LogP contribution < -0.4 is 4.74 Å². The Morgan fingerprint density at radius 2 is 2.19 bits per heavy atom. The molecule has 0 spiro atoms. The highest BCUT2D eigenvalue weighted by molar-refractivity contribution is 14.1. The minimum atomic E-state index is -2.54. The monoisotopic (exact) mass is 342 g/mol. The van der Waals surface area contributed by atoms with Crippen molar-refractivity contribution in [2.24, 2.45) is 0 Å². The number of methoxy groups -OCH3 is 1. The molecule has 0 amide bonds. The first-order valence-electron chi connectivity index (χ1n) is 4.33. The molecule has 0 aliphatic carbocycles. The second-order valence-electron chi connectivity index (χ2n) is 2.84. The zero-order chi connectivity index (χ0) is 12.1. The highest BCUT2D eigenvalue weighted by Gasteiger charge is 2.11. The molecule has 0 fully saturated rings. The van der Waals surface area contributed by atoms with Gasteiger partial charge in [0.1, 0.15) is 12.4 Å². The van der Waals surface area contributed by atoms with Crippen LogP contribution in [0.5, 0.6) is 5.75 Å². The fourth-order valence-corrected chi connectivity index (χ4v) is 1.50. The summed E-state index contributed by atoms with van der Waals surface area (Å²) in [5.41, 5.74) is 0.271. The first kappa shape index (κ1) is 13.1. The van der Waals surface area contributed by atoms with Gasteiger partial charge in [-0.05, 0) is 40.8 Å². The van der Waals surface area contributed by atoms with Crippen molar-refractivity contribution >= 4 is 28.6 Å². The van der Waals surface area contributed by atoms with Crippen LogP contribution in [-0.4, -0.2) is 26.1 Å². The molecule has 0 heterocycles. The van der Waals surface area contributed by atoms with E-state index in [0.717, 1.165) is 0 Å². The van der Waals surface area contributed by atoms with Gasteiger partial charge in [-0.25, -0.2) is 13.6 Å². The number of halogens is 3. The molecule has 16 heavy (non-hydrogen) atoms. The predicted molar refractivity (Wildman–Crippen MR) is 62.0 cm³/mol. The maximum atomic E-state index is 12.0. The lowest BCUT2D eigenvalue weighted by molar-refractivity contribution is 0.0599. The van der Waals surface area contributed by atoms with Gasteiger partial charge in [0.15, 0.2) is 0 Å². The van der Waals surface area contributed by atoms with E-state index in [1.165, 1.54) is 13.2 Å². The number of carbonyl (C=O) groups excluding carboxylic acids is 1. The van der Waals surface area contributed by atoms with Gasteiger partial charge in [-0.2, -0.15) is 0 Å². The Labute approximate surface area is 105 Å². The molecule has 0 atom stereocenters. The molecule has 6 heteroatoms. The molecule has 1 rings (SSSR count). The van der Waals surface area contributed by atoms with Gasteiger partial charge < -0.3 is 9.47 Å². The van der Waals surface area contributed by atoms with Crippen molar-refractivity contribution in [2.45, 2.75) is 6.43 Å². The average molecular weight is 342 g/mol. The van der Waals surface area contributed by atoms with E-state index in [1.807, 2.05) is 22.6 Å². The summed E-state index contributed by atoms with van der Waals surface area (Å²) in [5.74, 6) is -0.276. The maximum Gasteiger partial charge on any atom is 0.337 e. The minimum Gasteiger partial charge on any atom is -0.487 e. The summed E-state index contributed by atoms with van der Waals surface area (Å²) < 4.78 is 34.0. The SMILES string of the molecule is COC(=O)c1ccc(I)c(OCC(F)F)c1. The van der Waals surface area contributed by atoms with E-state index in [2.05, 4.69) is 4.74 Å². The van der Waals surface area contributed by atoms with E-state index < -0.39 is 19.0 Å². The average Bonchev–Trinajstić information content (AvgIpc) is 2.26. The van der Waals surface area contributed by atoms with Crippen LogP contribution in [-0.2, 0) is 4.74 Å². The highest BCUT2D eigenvalue weighted by atomic mass is 127. The summed E-state index contributed by atoms with van der Waals surface area (Å²) >= 11 is 1.94. The Bertz CT molecular complexity index is 382. The van der Waals surface area contributed by atoms with Crippen molar-refractivity contribution in [2.75, 3.05) is 13.7 Å². The number of rotatable bonds is 4. The first-order chi connectivity index (χ1) is 7.54.